The van der Waals surface area contributed by atoms with Crippen LogP contribution in [-0.4, -0.2) is 31.9 Å². The van der Waals surface area contributed by atoms with Crippen molar-refractivity contribution in [1.82, 2.24) is 5.16 Å². The highest BCUT2D eigenvalue weighted by molar-refractivity contribution is 7.93. The van der Waals surface area contributed by atoms with Gasteiger partial charge in [0.1, 0.15) is 0 Å². The van der Waals surface area contributed by atoms with Crippen LogP contribution in [0.3, 0.4) is 0 Å². The van der Waals surface area contributed by atoms with Crippen LogP contribution in [0.5, 0.6) is 0 Å². The Hall–Kier alpha value is -1.57. The molecule has 112 valence electrons. The molecule has 1 aliphatic rings. The SMILES string of the molecule is COC(=O)C1CCCC1S(=O)(=O)Nc1onc(C)c1C. The average Bonchev–Trinajstić information content (AvgIpc) is 3.00. The zero-order chi connectivity index (χ0) is 14.9. The largest absolute Gasteiger partial charge is 0.469 e. The fourth-order valence-electron chi connectivity index (χ4n) is 2.43. The first-order chi connectivity index (χ1) is 9.36. The van der Waals surface area contributed by atoms with Crippen LogP contribution < -0.4 is 4.72 Å². The van der Waals surface area contributed by atoms with E-state index in [4.69, 9.17) is 4.52 Å². The Labute approximate surface area is 117 Å². The highest BCUT2D eigenvalue weighted by atomic mass is 32.2. The molecule has 1 aliphatic carbocycles. The number of aromatic nitrogens is 1. The van der Waals surface area contributed by atoms with Crippen molar-refractivity contribution in [3.8, 4) is 0 Å². The van der Waals surface area contributed by atoms with Crippen LogP contribution in [0.25, 0.3) is 0 Å². The number of carbonyl (C=O) groups excluding carboxylic acids is 1. The summed E-state index contributed by atoms with van der Waals surface area (Å²) < 4.78 is 36.8. The van der Waals surface area contributed by atoms with E-state index in [1.54, 1.807) is 13.8 Å². The zero-order valence-electron chi connectivity index (χ0n) is 11.7. The maximum Gasteiger partial charge on any atom is 0.310 e. The van der Waals surface area contributed by atoms with E-state index in [0.717, 1.165) is 0 Å². The number of hydrogen-bond acceptors (Lipinski definition) is 6. The molecule has 7 nitrogen and oxygen atoms in total. The summed E-state index contributed by atoms with van der Waals surface area (Å²) in [5.41, 5.74) is 1.26. The number of aryl methyl sites for hydroxylation is 1. The molecule has 0 aromatic carbocycles. The Morgan fingerprint density at radius 1 is 1.40 bits per heavy atom. The van der Waals surface area contributed by atoms with E-state index in [1.165, 1.54) is 7.11 Å². The molecule has 20 heavy (non-hydrogen) atoms. The smallest absolute Gasteiger partial charge is 0.310 e. The Bertz CT molecular complexity index is 607. The number of methoxy groups -OCH3 is 1. The van der Waals surface area contributed by atoms with Crippen molar-refractivity contribution in [1.29, 1.82) is 0 Å². The molecular formula is C12H18N2O5S. The number of nitrogens with zero attached hydrogens (tertiary/aromatic N) is 1. The molecule has 1 fully saturated rings. The first-order valence-electron chi connectivity index (χ1n) is 6.39. The summed E-state index contributed by atoms with van der Waals surface area (Å²) in [6, 6.07) is 0. The molecule has 1 N–H and O–H groups in total. The third-order valence-corrected chi connectivity index (χ3v) is 5.58. The number of sulfonamides is 1. The van der Waals surface area contributed by atoms with Crippen LogP contribution in [0, 0.1) is 19.8 Å². The highest BCUT2D eigenvalue weighted by Gasteiger charge is 2.42. The van der Waals surface area contributed by atoms with E-state index in [2.05, 4.69) is 14.6 Å². The standard InChI is InChI=1S/C12H18N2O5S/c1-7-8(2)13-19-11(7)14-20(16,17)10-6-4-5-9(10)12(15)18-3/h9-10,14H,4-6H2,1-3H3. The van der Waals surface area contributed by atoms with E-state index in [0.29, 0.717) is 30.5 Å². The number of carbonyl (C=O) groups is 1. The fourth-order valence-corrected chi connectivity index (χ4v) is 4.19. The minimum absolute atomic E-state index is 0.109. The highest BCUT2D eigenvalue weighted by Crippen LogP contribution is 2.33. The second-order valence-corrected chi connectivity index (χ2v) is 6.87. The van der Waals surface area contributed by atoms with Crippen molar-refractivity contribution >= 4 is 21.9 Å². The summed E-state index contributed by atoms with van der Waals surface area (Å²) in [5, 5.41) is 2.91. The molecule has 1 heterocycles. The fraction of sp³-hybridized carbons (Fsp3) is 0.667. The minimum Gasteiger partial charge on any atom is -0.469 e. The number of nitrogens with one attached hydrogen (secondary N) is 1. The minimum atomic E-state index is -3.71. The predicted octanol–water partition coefficient (Wildman–Crippen LogP) is 1.37. The monoisotopic (exact) mass is 302 g/mol. The molecule has 0 aliphatic heterocycles. The Morgan fingerprint density at radius 3 is 2.65 bits per heavy atom. The molecule has 0 saturated heterocycles. The molecule has 0 spiro atoms. The predicted molar refractivity (Wildman–Crippen MR) is 71.7 cm³/mol. The number of hydrogen-bond donors (Lipinski definition) is 1. The second-order valence-electron chi connectivity index (χ2n) is 4.97. The molecule has 2 atom stereocenters. The lowest BCUT2D eigenvalue weighted by Gasteiger charge is -2.18. The van der Waals surface area contributed by atoms with Crippen LogP contribution in [0.4, 0.5) is 5.88 Å². The van der Waals surface area contributed by atoms with Crippen molar-refractivity contribution in [2.75, 3.05) is 11.8 Å². The molecule has 8 heteroatoms. The van der Waals surface area contributed by atoms with Crippen molar-refractivity contribution in [3.05, 3.63) is 11.3 Å². The Kier molecular flexibility index (Phi) is 4.03. The van der Waals surface area contributed by atoms with Crippen LogP contribution in [0.15, 0.2) is 4.52 Å². The third-order valence-electron chi connectivity index (χ3n) is 3.75. The van der Waals surface area contributed by atoms with Crippen molar-refractivity contribution < 1.29 is 22.5 Å². The quantitative estimate of drug-likeness (QED) is 0.844. The van der Waals surface area contributed by atoms with Crippen molar-refractivity contribution in [3.63, 3.8) is 0 Å². The molecule has 1 aromatic rings. The zero-order valence-corrected chi connectivity index (χ0v) is 12.5. The van der Waals surface area contributed by atoms with Gasteiger partial charge in [0.25, 0.3) is 0 Å². The molecule has 0 radical (unpaired) electrons. The summed E-state index contributed by atoms with van der Waals surface area (Å²) in [6.07, 6.45) is 1.63. The van der Waals surface area contributed by atoms with Gasteiger partial charge in [0.15, 0.2) is 0 Å². The normalized spacial score (nSPS) is 22.8. The molecule has 0 amide bonds. The lowest BCUT2D eigenvalue weighted by molar-refractivity contribution is -0.145. The lowest BCUT2D eigenvalue weighted by atomic mass is 10.1. The van der Waals surface area contributed by atoms with Crippen molar-refractivity contribution in [2.45, 2.75) is 38.4 Å². The van der Waals surface area contributed by atoms with Crippen LogP contribution in [0.2, 0.25) is 0 Å². The molecule has 2 unspecified atom stereocenters. The third kappa shape index (κ3) is 2.65. The first-order valence-corrected chi connectivity index (χ1v) is 7.93. The molecular weight excluding hydrogens is 284 g/mol. The Balaban J connectivity index is 2.22. The maximum absolute atomic E-state index is 12.4. The number of anilines is 1. The van der Waals surface area contributed by atoms with Crippen molar-refractivity contribution in [2.24, 2.45) is 5.92 Å². The Morgan fingerprint density at radius 2 is 2.10 bits per heavy atom. The van der Waals surface area contributed by atoms with Gasteiger partial charge in [0.05, 0.1) is 24.0 Å². The first kappa shape index (κ1) is 14.8. The van der Waals surface area contributed by atoms with E-state index in [-0.39, 0.29) is 5.88 Å². The van der Waals surface area contributed by atoms with E-state index >= 15 is 0 Å². The van der Waals surface area contributed by atoms with E-state index < -0.39 is 27.2 Å². The van der Waals surface area contributed by atoms with Crippen LogP contribution in [-0.2, 0) is 19.6 Å². The second kappa shape index (κ2) is 5.43. The van der Waals surface area contributed by atoms with Gasteiger partial charge in [0.2, 0.25) is 15.9 Å². The van der Waals surface area contributed by atoms with Gasteiger partial charge in [0, 0.05) is 5.56 Å². The van der Waals surface area contributed by atoms with Gasteiger partial charge in [-0.15, -0.1) is 0 Å². The molecule has 1 aromatic heterocycles. The molecule has 1 saturated carbocycles. The van der Waals surface area contributed by atoms with Gasteiger partial charge in [-0.3, -0.25) is 9.52 Å². The van der Waals surface area contributed by atoms with Crippen LogP contribution in [0.1, 0.15) is 30.5 Å². The summed E-state index contributed by atoms with van der Waals surface area (Å²) in [4.78, 5) is 11.6. The average molecular weight is 302 g/mol. The van der Waals surface area contributed by atoms with Gasteiger partial charge in [-0.05, 0) is 26.7 Å². The summed E-state index contributed by atoms with van der Waals surface area (Å²) in [7, 11) is -2.45. The summed E-state index contributed by atoms with van der Waals surface area (Å²) in [6.45, 7) is 3.44. The summed E-state index contributed by atoms with van der Waals surface area (Å²) in [5.74, 6) is -0.997. The van der Waals surface area contributed by atoms with E-state index in [9.17, 15) is 13.2 Å². The topological polar surface area (TPSA) is 98.5 Å². The van der Waals surface area contributed by atoms with Gasteiger partial charge in [-0.2, -0.15) is 0 Å². The van der Waals surface area contributed by atoms with E-state index in [1.807, 2.05) is 0 Å². The lowest BCUT2D eigenvalue weighted by Crippen LogP contribution is -2.35. The molecule has 2 rings (SSSR count). The summed E-state index contributed by atoms with van der Waals surface area (Å²) >= 11 is 0. The van der Waals surface area contributed by atoms with Gasteiger partial charge in [-0.25, -0.2) is 8.42 Å². The van der Waals surface area contributed by atoms with Gasteiger partial charge < -0.3 is 9.26 Å². The number of esters is 1. The molecule has 0 bridgehead atoms. The number of rotatable bonds is 4. The number of ether oxygens (including phenoxy) is 1. The van der Waals surface area contributed by atoms with Crippen LogP contribution >= 0.6 is 0 Å². The maximum atomic E-state index is 12.4. The van der Waals surface area contributed by atoms with Gasteiger partial charge in [-0.1, -0.05) is 11.6 Å². The van der Waals surface area contributed by atoms with Gasteiger partial charge >= 0.3 is 5.97 Å².